The van der Waals surface area contributed by atoms with Crippen molar-refractivity contribution >= 4 is 0 Å². The van der Waals surface area contributed by atoms with Gasteiger partial charge in [-0.3, -0.25) is 4.39 Å². The number of benzene rings is 1. The first kappa shape index (κ1) is 28.6. The highest BCUT2D eigenvalue weighted by atomic mass is 19.2. The fraction of sp³-hybridized carbons (Fsp3) is 0.724. The Morgan fingerprint density at radius 1 is 0.794 bits per heavy atom. The van der Waals surface area contributed by atoms with Crippen molar-refractivity contribution in [3.05, 3.63) is 35.9 Å². The molecule has 0 saturated heterocycles. The monoisotopic (exact) mass is 482 g/mol. The summed E-state index contributed by atoms with van der Waals surface area (Å²) in [5, 5.41) is 0. The van der Waals surface area contributed by atoms with Crippen molar-refractivity contribution in [1.82, 2.24) is 0 Å². The van der Waals surface area contributed by atoms with Crippen molar-refractivity contribution in [3.63, 3.8) is 0 Å². The van der Waals surface area contributed by atoms with Crippen LogP contribution in [-0.2, 0) is 0 Å². The maximum atomic E-state index is 14.4. The van der Waals surface area contributed by atoms with E-state index in [0.717, 1.165) is 64.2 Å². The third kappa shape index (κ3) is 11.2. The molecule has 1 fully saturated rings. The molecule has 2 nitrogen and oxygen atoms in total. The highest BCUT2D eigenvalue weighted by Crippen LogP contribution is 2.32. The molecule has 1 saturated carbocycles. The molecule has 1 aliphatic rings. The van der Waals surface area contributed by atoms with E-state index >= 15 is 0 Å². The number of allylic oxidation sites excluding steroid dienone is 2. The van der Waals surface area contributed by atoms with Crippen LogP contribution in [-0.4, -0.2) is 19.9 Å². The lowest BCUT2D eigenvalue weighted by Crippen LogP contribution is -2.19. The minimum atomic E-state index is -0.956. The third-order valence-corrected chi connectivity index (χ3v) is 6.80. The van der Waals surface area contributed by atoms with Crippen LogP contribution in [0, 0.1) is 23.5 Å². The van der Waals surface area contributed by atoms with Crippen LogP contribution >= 0.6 is 0 Å². The molecule has 0 atom stereocenters. The van der Waals surface area contributed by atoms with Crippen LogP contribution in [0.3, 0.4) is 0 Å². The summed E-state index contributed by atoms with van der Waals surface area (Å²) in [6.45, 7) is 2.79. The number of hydrogen-bond donors (Lipinski definition) is 0. The molecule has 1 aromatic carbocycles. The van der Waals surface area contributed by atoms with Crippen molar-refractivity contribution in [1.29, 1.82) is 0 Å². The molecule has 0 N–H and O–H groups in total. The van der Waals surface area contributed by atoms with Gasteiger partial charge in [-0.15, -0.1) is 0 Å². The molecule has 0 amide bonds. The van der Waals surface area contributed by atoms with Crippen molar-refractivity contribution in [3.8, 4) is 11.5 Å². The first-order valence-corrected chi connectivity index (χ1v) is 13.6. The zero-order valence-corrected chi connectivity index (χ0v) is 21.1. The van der Waals surface area contributed by atoms with E-state index in [4.69, 9.17) is 9.47 Å². The van der Waals surface area contributed by atoms with Gasteiger partial charge in [0, 0.05) is 0 Å². The summed E-state index contributed by atoms with van der Waals surface area (Å²) >= 11 is 0. The van der Waals surface area contributed by atoms with E-state index in [-0.39, 0.29) is 18.2 Å². The van der Waals surface area contributed by atoms with Gasteiger partial charge in [0.2, 0.25) is 11.6 Å². The van der Waals surface area contributed by atoms with Crippen LogP contribution in [0.15, 0.2) is 24.3 Å². The second kappa shape index (κ2) is 17.7. The maximum Gasteiger partial charge on any atom is 0.204 e. The van der Waals surface area contributed by atoms with E-state index < -0.39 is 11.6 Å². The number of unbranched alkanes of at least 4 members (excludes halogenated alkanes) is 9. The van der Waals surface area contributed by atoms with Gasteiger partial charge in [-0.1, -0.05) is 64.0 Å². The molecular formula is C29H45F3O2. The van der Waals surface area contributed by atoms with Gasteiger partial charge in [-0.25, -0.2) is 0 Å². The van der Waals surface area contributed by atoms with Crippen molar-refractivity contribution in [2.45, 2.75) is 103 Å². The van der Waals surface area contributed by atoms with Crippen molar-refractivity contribution in [2.75, 3.05) is 19.9 Å². The van der Waals surface area contributed by atoms with E-state index in [1.165, 1.54) is 37.8 Å². The van der Waals surface area contributed by atoms with E-state index in [1.54, 1.807) is 0 Å². The topological polar surface area (TPSA) is 18.5 Å². The second-order valence-corrected chi connectivity index (χ2v) is 9.72. The molecule has 0 spiro atoms. The van der Waals surface area contributed by atoms with E-state index in [0.29, 0.717) is 31.5 Å². The van der Waals surface area contributed by atoms with Gasteiger partial charge in [-0.2, -0.15) is 8.78 Å². The summed E-state index contributed by atoms with van der Waals surface area (Å²) < 4.78 is 51.9. The predicted octanol–water partition coefficient (Wildman–Crippen LogP) is 9.37. The van der Waals surface area contributed by atoms with Crippen LogP contribution in [0.4, 0.5) is 13.2 Å². The molecule has 2 rings (SSSR count). The smallest absolute Gasteiger partial charge is 0.204 e. The first-order chi connectivity index (χ1) is 16.7. The standard InChI is InChI=1S/C29H45F3O2/c1-2-3-4-10-13-22-33-26-19-20-27(29(32)28(26)31)34-23-25-17-15-24(16-18-25)14-11-8-6-5-7-9-12-21-30/h11,14,19-20,24-25H,2-10,12-13,15-18,21-23H2,1H3/b14-11-. The molecule has 194 valence electrons. The average molecular weight is 483 g/mol. The lowest BCUT2D eigenvalue weighted by molar-refractivity contribution is 0.186. The third-order valence-electron chi connectivity index (χ3n) is 6.80. The quantitative estimate of drug-likeness (QED) is 0.153. The molecule has 0 radical (unpaired) electrons. The van der Waals surface area contributed by atoms with Gasteiger partial charge in [0.1, 0.15) is 0 Å². The molecule has 5 heteroatoms. The molecule has 0 heterocycles. The molecule has 0 aromatic heterocycles. The van der Waals surface area contributed by atoms with Crippen LogP contribution in [0.1, 0.15) is 103 Å². The Hall–Kier alpha value is -1.65. The lowest BCUT2D eigenvalue weighted by Gasteiger charge is -2.26. The lowest BCUT2D eigenvalue weighted by atomic mass is 9.82. The van der Waals surface area contributed by atoms with Crippen LogP contribution in [0.2, 0.25) is 0 Å². The zero-order chi connectivity index (χ0) is 24.4. The fourth-order valence-electron chi connectivity index (χ4n) is 4.56. The minimum absolute atomic E-state index is 0.0265. The summed E-state index contributed by atoms with van der Waals surface area (Å²) in [7, 11) is 0. The normalized spacial score (nSPS) is 18.5. The number of rotatable bonds is 18. The Labute approximate surface area is 205 Å². The maximum absolute atomic E-state index is 14.4. The van der Waals surface area contributed by atoms with Crippen LogP contribution in [0.5, 0.6) is 11.5 Å². The molecule has 0 aliphatic heterocycles. The Morgan fingerprint density at radius 3 is 2.12 bits per heavy atom. The number of alkyl halides is 1. The van der Waals surface area contributed by atoms with E-state index in [1.807, 2.05) is 0 Å². The van der Waals surface area contributed by atoms with Gasteiger partial charge in [0.15, 0.2) is 11.5 Å². The Balaban J connectivity index is 1.63. The highest BCUT2D eigenvalue weighted by molar-refractivity contribution is 5.35. The van der Waals surface area contributed by atoms with Crippen LogP contribution < -0.4 is 9.47 Å². The van der Waals surface area contributed by atoms with Crippen LogP contribution in [0.25, 0.3) is 0 Å². The summed E-state index contributed by atoms with van der Waals surface area (Å²) in [6.07, 6.45) is 20.6. The Bertz CT molecular complexity index is 684. The molecular weight excluding hydrogens is 437 g/mol. The molecule has 34 heavy (non-hydrogen) atoms. The molecule has 1 aromatic rings. The Kier molecular flexibility index (Phi) is 14.9. The van der Waals surface area contributed by atoms with Crippen molar-refractivity contribution in [2.24, 2.45) is 11.8 Å². The second-order valence-electron chi connectivity index (χ2n) is 9.72. The van der Waals surface area contributed by atoms with Crippen molar-refractivity contribution < 1.29 is 22.6 Å². The van der Waals surface area contributed by atoms with E-state index in [2.05, 4.69) is 19.1 Å². The summed E-state index contributed by atoms with van der Waals surface area (Å²) in [4.78, 5) is 0. The number of ether oxygens (including phenoxy) is 2. The minimum Gasteiger partial charge on any atom is -0.490 e. The van der Waals surface area contributed by atoms with Gasteiger partial charge >= 0.3 is 0 Å². The number of hydrogen-bond acceptors (Lipinski definition) is 2. The summed E-state index contributed by atoms with van der Waals surface area (Å²) in [5.74, 6) is -0.988. The highest BCUT2D eigenvalue weighted by Gasteiger charge is 2.22. The van der Waals surface area contributed by atoms with Gasteiger partial charge in [0.05, 0.1) is 19.9 Å². The van der Waals surface area contributed by atoms with Gasteiger partial charge in [0.25, 0.3) is 0 Å². The number of halogens is 3. The molecule has 1 aliphatic carbocycles. The molecule has 0 bridgehead atoms. The van der Waals surface area contributed by atoms with E-state index in [9.17, 15) is 13.2 Å². The predicted molar refractivity (Wildman–Crippen MR) is 134 cm³/mol. The SMILES string of the molecule is CCCCCCCOc1ccc(OCC2CCC(/C=C\CCCCCCCF)CC2)c(F)c1F. The first-order valence-electron chi connectivity index (χ1n) is 13.6. The summed E-state index contributed by atoms with van der Waals surface area (Å²) in [6, 6.07) is 2.96. The summed E-state index contributed by atoms with van der Waals surface area (Å²) in [5.41, 5.74) is 0. The largest absolute Gasteiger partial charge is 0.490 e. The zero-order valence-electron chi connectivity index (χ0n) is 21.1. The average Bonchev–Trinajstić information content (AvgIpc) is 2.85. The van der Waals surface area contributed by atoms with Gasteiger partial charge < -0.3 is 9.47 Å². The molecule has 0 unspecified atom stereocenters. The Morgan fingerprint density at radius 2 is 1.41 bits per heavy atom. The fourth-order valence-corrected chi connectivity index (χ4v) is 4.56. The van der Waals surface area contributed by atoms with Gasteiger partial charge in [-0.05, 0) is 75.3 Å².